The standard InChI is InChI=1S/C43H63N3O5.C3H6/c1-37(2,3)51-36(50)46-42(23-24-42)26-44-35(49)45-43-19-9-10-31(43)30-15-16-33-39(6)20-17-29(27-11-13-28(14-12-27)34(47)48)38(4,5)32(39)18-21-41(33,8)40(30,7)22-25-43;1-3-2/h11-14,17,30-33H,9-10,15-16,18-26H2,1-8H3,(H,46,50)(H,47,48)(H2,44,45,49);3H,1H2,2H3/t30?,31?,32?,33?,39?,40-,41?,43?;/m1./s1. The summed E-state index contributed by atoms with van der Waals surface area (Å²) in [5.74, 6) is 1.39. The van der Waals surface area contributed by atoms with E-state index in [1.54, 1.807) is 18.2 Å². The van der Waals surface area contributed by atoms with Gasteiger partial charge in [-0.15, -0.1) is 6.58 Å². The molecule has 4 N–H and O–H groups in total. The Balaban J connectivity index is 0.00000160. The van der Waals surface area contributed by atoms with Crippen LogP contribution >= 0.6 is 0 Å². The first-order valence-corrected chi connectivity index (χ1v) is 20.9. The SMILES string of the molecule is C=CC.CC(C)(C)OC(=O)NC1(CNC(=O)NC23CCCC2C2CCC4C5(C)CC=C(c6ccc(C(=O)O)cc6)C(C)(C)C5CCC4(C)[C@]2(C)CC3)CC1. The van der Waals surface area contributed by atoms with Crippen molar-refractivity contribution in [2.24, 2.45) is 45.3 Å². The molecule has 298 valence electrons. The summed E-state index contributed by atoms with van der Waals surface area (Å²) in [4.78, 5) is 37.6. The molecule has 0 saturated heterocycles. The monoisotopic (exact) mass is 744 g/mol. The van der Waals surface area contributed by atoms with E-state index in [4.69, 9.17) is 4.74 Å². The summed E-state index contributed by atoms with van der Waals surface area (Å²) in [7, 11) is 0. The Labute approximate surface area is 325 Å². The second-order valence-electron chi connectivity index (χ2n) is 20.4. The molecule has 7 rings (SSSR count). The van der Waals surface area contributed by atoms with E-state index in [-0.39, 0.29) is 33.2 Å². The summed E-state index contributed by atoms with van der Waals surface area (Å²) in [5.41, 5.74) is 2.38. The fourth-order valence-electron chi connectivity index (χ4n) is 13.2. The lowest BCUT2D eigenvalue weighted by Gasteiger charge is -2.72. The number of amides is 3. The maximum Gasteiger partial charge on any atom is 0.408 e. The molecular formula is C46H69N3O5. The minimum atomic E-state index is -0.880. The molecule has 0 heterocycles. The van der Waals surface area contributed by atoms with Crippen LogP contribution < -0.4 is 16.0 Å². The van der Waals surface area contributed by atoms with Gasteiger partial charge in [-0.3, -0.25) is 0 Å². The largest absolute Gasteiger partial charge is 0.478 e. The van der Waals surface area contributed by atoms with Crippen molar-refractivity contribution in [1.82, 2.24) is 16.0 Å². The number of nitrogens with one attached hydrogen (secondary N) is 3. The van der Waals surface area contributed by atoms with E-state index < -0.39 is 23.2 Å². The zero-order valence-electron chi connectivity index (χ0n) is 34.8. The van der Waals surface area contributed by atoms with Crippen LogP contribution in [0.2, 0.25) is 0 Å². The van der Waals surface area contributed by atoms with Crippen molar-refractivity contribution in [3.05, 3.63) is 54.1 Å². The van der Waals surface area contributed by atoms with Crippen LogP contribution in [0.5, 0.6) is 0 Å². The van der Waals surface area contributed by atoms with Crippen LogP contribution in [-0.2, 0) is 4.74 Å². The summed E-state index contributed by atoms with van der Waals surface area (Å²) < 4.78 is 5.48. The number of carboxylic acid groups (broad SMARTS) is 1. The second-order valence-corrected chi connectivity index (χ2v) is 20.4. The number of aromatic carboxylic acids is 1. The Hall–Kier alpha value is -3.29. The van der Waals surface area contributed by atoms with Crippen LogP contribution in [0.1, 0.15) is 155 Å². The highest BCUT2D eigenvalue weighted by Gasteiger charge is 2.69. The molecule has 6 aliphatic rings. The fourth-order valence-corrected chi connectivity index (χ4v) is 13.2. The van der Waals surface area contributed by atoms with Gasteiger partial charge >= 0.3 is 18.1 Å². The smallest absolute Gasteiger partial charge is 0.408 e. The van der Waals surface area contributed by atoms with Crippen LogP contribution in [0.15, 0.2) is 43.0 Å². The van der Waals surface area contributed by atoms with Crippen molar-refractivity contribution in [3.63, 3.8) is 0 Å². The minimum absolute atomic E-state index is 0.0112. The third-order valence-electron chi connectivity index (χ3n) is 16.0. The van der Waals surface area contributed by atoms with Gasteiger partial charge in [-0.05, 0) is 167 Å². The lowest BCUT2D eigenvalue weighted by atomic mass is 9.33. The first kappa shape index (κ1) is 40.4. The Morgan fingerprint density at radius 2 is 1.52 bits per heavy atom. The van der Waals surface area contributed by atoms with Gasteiger partial charge in [0.2, 0.25) is 0 Å². The molecule has 5 saturated carbocycles. The highest BCUT2D eigenvalue weighted by molar-refractivity contribution is 5.88. The summed E-state index contributed by atoms with van der Waals surface area (Å²) in [6.07, 6.45) is 17.1. The molecule has 8 atom stereocenters. The number of fused-ring (bicyclic) bond motifs is 7. The van der Waals surface area contributed by atoms with Crippen LogP contribution in [0.3, 0.4) is 0 Å². The first-order valence-electron chi connectivity index (χ1n) is 20.9. The van der Waals surface area contributed by atoms with Gasteiger partial charge in [-0.25, -0.2) is 14.4 Å². The summed E-state index contributed by atoms with van der Waals surface area (Å²) >= 11 is 0. The zero-order chi connectivity index (χ0) is 39.5. The van der Waals surface area contributed by atoms with Gasteiger partial charge in [0.1, 0.15) is 5.60 Å². The van der Waals surface area contributed by atoms with Gasteiger partial charge in [-0.1, -0.05) is 65.3 Å². The number of carboxylic acids is 1. The molecule has 0 bridgehead atoms. The molecule has 1 aromatic carbocycles. The maximum atomic E-state index is 13.6. The van der Waals surface area contributed by atoms with Crippen LogP contribution in [-0.4, -0.2) is 46.4 Å². The van der Waals surface area contributed by atoms with Crippen molar-refractivity contribution < 1.29 is 24.2 Å². The lowest BCUT2D eigenvalue weighted by molar-refractivity contribution is -0.216. The third kappa shape index (κ3) is 6.91. The number of carbonyl (C=O) groups is 3. The van der Waals surface area contributed by atoms with Gasteiger partial charge in [0.05, 0.1) is 11.1 Å². The quantitative estimate of drug-likeness (QED) is 0.217. The molecule has 1 aromatic rings. The summed E-state index contributed by atoms with van der Waals surface area (Å²) in [5, 5.41) is 19.2. The third-order valence-corrected chi connectivity index (χ3v) is 16.0. The number of hydrogen-bond acceptors (Lipinski definition) is 4. The van der Waals surface area contributed by atoms with Gasteiger partial charge in [0.25, 0.3) is 0 Å². The molecular weight excluding hydrogens is 675 g/mol. The van der Waals surface area contributed by atoms with E-state index in [0.29, 0.717) is 35.8 Å². The Morgan fingerprint density at radius 3 is 2.13 bits per heavy atom. The second kappa shape index (κ2) is 14.0. The van der Waals surface area contributed by atoms with Crippen molar-refractivity contribution >= 4 is 23.7 Å². The van der Waals surface area contributed by atoms with E-state index >= 15 is 0 Å². The van der Waals surface area contributed by atoms with Gasteiger partial charge in [-0.2, -0.15) is 0 Å². The van der Waals surface area contributed by atoms with Crippen LogP contribution in [0.25, 0.3) is 5.57 Å². The Kier molecular flexibility index (Phi) is 10.5. The number of rotatable bonds is 6. The molecule has 6 aliphatic carbocycles. The highest BCUT2D eigenvalue weighted by Crippen LogP contribution is 2.76. The van der Waals surface area contributed by atoms with Gasteiger partial charge in [0.15, 0.2) is 0 Å². The molecule has 0 aromatic heterocycles. The van der Waals surface area contributed by atoms with Crippen molar-refractivity contribution in [2.45, 2.75) is 156 Å². The molecule has 7 unspecified atom stereocenters. The highest BCUT2D eigenvalue weighted by atomic mass is 16.6. The maximum absolute atomic E-state index is 13.6. The number of hydrogen-bond donors (Lipinski definition) is 4. The molecule has 54 heavy (non-hydrogen) atoms. The number of alkyl carbamates (subject to hydrolysis) is 1. The van der Waals surface area contributed by atoms with Crippen LogP contribution in [0.4, 0.5) is 9.59 Å². The van der Waals surface area contributed by atoms with Crippen molar-refractivity contribution in [3.8, 4) is 0 Å². The normalized spacial score (nSPS) is 36.9. The Bertz CT molecular complexity index is 1650. The van der Waals surface area contributed by atoms with Gasteiger partial charge < -0.3 is 25.8 Å². The van der Waals surface area contributed by atoms with E-state index in [9.17, 15) is 19.5 Å². The van der Waals surface area contributed by atoms with E-state index in [0.717, 1.165) is 50.5 Å². The number of carbonyl (C=O) groups excluding carboxylic acids is 2. The number of ether oxygens (including phenoxy) is 1. The molecule has 0 spiro atoms. The molecule has 0 radical (unpaired) electrons. The average molecular weight is 744 g/mol. The molecule has 0 aliphatic heterocycles. The van der Waals surface area contributed by atoms with Gasteiger partial charge in [0, 0.05) is 12.1 Å². The predicted octanol–water partition coefficient (Wildman–Crippen LogP) is 10.5. The summed E-state index contributed by atoms with van der Waals surface area (Å²) in [6.45, 7) is 24.0. The predicted molar refractivity (Wildman–Crippen MR) is 216 cm³/mol. The molecule has 3 amide bonds. The molecule has 5 fully saturated rings. The topological polar surface area (TPSA) is 117 Å². The van der Waals surface area contributed by atoms with Crippen molar-refractivity contribution in [2.75, 3.05) is 6.54 Å². The lowest BCUT2D eigenvalue weighted by Crippen LogP contribution is -2.68. The Morgan fingerprint density at radius 1 is 0.852 bits per heavy atom. The van der Waals surface area contributed by atoms with Crippen molar-refractivity contribution in [1.29, 1.82) is 0 Å². The van der Waals surface area contributed by atoms with E-state index in [1.165, 1.54) is 37.7 Å². The average Bonchev–Trinajstić information content (AvgIpc) is 3.71. The van der Waals surface area contributed by atoms with E-state index in [2.05, 4.69) is 63.2 Å². The summed E-state index contributed by atoms with van der Waals surface area (Å²) in [6, 6.07) is 7.42. The van der Waals surface area contributed by atoms with Crippen LogP contribution in [0, 0.1) is 45.3 Å². The number of benzene rings is 1. The molecule has 8 heteroatoms. The zero-order valence-corrected chi connectivity index (χ0v) is 34.8. The fraction of sp³-hybridized carbons (Fsp3) is 0.717. The number of urea groups is 1. The first-order chi connectivity index (χ1) is 25.2. The van der Waals surface area contributed by atoms with E-state index in [1.807, 2.05) is 39.8 Å². The molecule has 8 nitrogen and oxygen atoms in total. The minimum Gasteiger partial charge on any atom is -0.478 e. The number of allylic oxidation sites excluding steroid dienone is 3.